The van der Waals surface area contributed by atoms with Gasteiger partial charge in [0.25, 0.3) is 0 Å². The number of fused-ring (bicyclic) bond motifs is 1. The molecule has 0 spiro atoms. The Kier molecular flexibility index (Phi) is 2.36. The predicted octanol–water partition coefficient (Wildman–Crippen LogP) is 1.70. The fourth-order valence-electron chi connectivity index (χ4n) is 1.93. The lowest BCUT2D eigenvalue weighted by Gasteiger charge is -2.22. The van der Waals surface area contributed by atoms with Gasteiger partial charge in [-0.1, -0.05) is 6.92 Å². The van der Waals surface area contributed by atoms with Gasteiger partial charge in [0.05, 0.1) is 0 Å². The summed E-state index contributed by atoms with van der Waals surface area (Å²) in [7, 11) is 0. The van der Waals surface area contributed by atoms with Crippen LogP contribution in [0.1, 0.15) is 30.2 Å². The molecule has 0 saturated heterocycles. The normalized spacial score (nSPS) is 19.2. The van der Waals surface area contributed by atoms with E-state index in [1.807, 2.05) is 16.3 Å². The molecule has 1 unspecified atom stereocenters. The Hall–Kier alpha value is -1.43. The minimum Gasteiger partial charge on any atom is -0.354 e. The van der Waals surface area contributed by atoms with E-state index in [0.29, 0.717) is 0 Å². The number of hydrogen-bond acceptors (Lipinski definition) is 5. The van der Waals surface area contributed by atoms with Crippen molar-refractivity contribution in [2.75, 3.05) is 11.9 Å². The summed E-state index contributed by atoms with van der Waals surface area (Å²) in [5.41, 5.74) is 0. The quantitative estimate of drug-likeness (QED) is 0.860. The first-order chi connectivity index (χ1) is 7.88. The monoisotopic (exact) mass is 235 g/mol. The van der Waals surface area contributed by atoms with Crippen molar-refractivity contribution in [3.05, 3.63) is 22.4 Å². The summed E-state index contributed by atoms with van der Waals surface area (Å²) in [6.45, 7) is 3.01. The maximum atomic E-state index is 4.52. The number of nitrogens with zero attached hydrogens (tertiary/aromatic N) is 4. The van der Waals surface area contributed by atoms with Crippen molar-refractivity contribution in [2.24, 2.45) is 0 Å². The van der Waals surface area contributed by atoms with Gasteiger partial charge in [-0.3, -0.25) is 0 Å². The van der Waals surface area contributed by atoms with Crippen LogP contribution >= 0.6 is 11.3 Å². The lowest BCUT2D eigenvalue weighted by molar-refractivity contribution is 0.475. The first-order valence-electron chi connectivity index (χ1n) is 5.47. The van der Waals surface area contributed by atoms with Crippen molar-refractivity contribution >= 4 is 17.3 Å². The molecule has 3 rings (SSSR count). The van der Waals surface area contributed by atoms with Crippen molar-refractivity contribution in [3.63, 3.8) is 0 Å². The van der Waals surface area contributed by atoms with Crippen LogP contribution in [0.25, 0.3) is 0 Å². The van der Waals surface area contributed by atoms with Crippen LogP contribution in [0.4, 0.5) is 5.95 Å². The smallest absolute Gasteiger partial charge is 0.222 e. The van der Waals surface area contributed by atoms with E-state index in [0.717, 1.165) is 36.2 Å². The Morgan fingerprint density at radius 3 is 3.31 bits per heavy atom. The largest absolute Gasteiger partial charge is 0.354 e. The van der Waals surface area contributed by atoms with Crippen LogP contribution < -0.4 is 5.32 Å². The minimum absolute atomic E-state index is 0.254. The fraction of sp³-hybridized carbons (Fsp3) is 0.500. The van der Waals surface area contributed by atoms with Crippen LogP contribution in [-0.4, -0.2) is 26.3 Å². The molecule has 0 amide bonds. The van der Waals surface area contributed by atoms with Gasteiger partial charge < -0.3 is 5.32 Å². The average Bonchev–Trinajstić information content (AvgIpc) is 2.97. The minimum atomic E-state index is 0.254. The summed E-state index contributed by atoms with van der Waals surface area (Å²) < 4.78 is 1.97. The van der Waals surface area contributed by atoms with Crippen molar-refractivity contribution in [1.82, 2.24) is 19.7 Å². The van der Waals surface area contributed by atoms with Gasteiger partial charge in [-0.25, -0.2) is 9.67 Å². The maximum Gasteiger partial charge on any atom is 0.222 e. The van der Waals surface area contributed by atoms with Gasteiger partial charge in [0.2, 0.25) is 5.95 Å². The Morgan fingerprint density at radius 1 is 1.62 bits per heavy atom. The molecular weight excluding hydrogens is 222 g/mol. The van der Waals surface area contributed by atoms with Crippen molar-refractivity contribution < 1.29 is 0 Å². The van der Waals surface area contributed by atoms with Crippen molar-refractivity contribution in [1.29, 1.82) is 0 Å². The third kappa shape index (κ3) is 1.49. The molecule has 0 bridgehead atoms. The standard InChI is InChI=1S/C10H13N5S/c1-2-8-13-10-12-4-3-7(15(10)14-8)9-11-5-6-16-9/h5-7H,2-4H2,1H3,(H,12,13,14). The van der Waals surface area contributed by atoms with E-state index in [4.69, 9.17) is 0 Å². The topological polar surface area (TPSA) is 55.6 Å². The van der Waals surface area contributed by atoms with Gasteiger partial charge in [0.1, 0.15) is 11.0 Å². The molecule has 2 aromatic rings. The van der Waals surface area contributed by atoms with Crippen molar-refractivity contribution in [3.8, 4) is 0 Å². The molecule has 0 radical (unpaired) electrons. The van der Waals surface area contributed by atoms with Gasteiger partial charge in [0, 0.05) is 24.5 Å². The number of aromatic nitrogens is 4. The van der Waals surface area contributed by atoms with Gasteiger partial charge in [-0.05, 0) is 6.42 Å². The number of nitrogens with one attached hydrogen (secondary N) is 1. The molecule has 1 atom stereocenters. The van der Waals surface area contributed by atoms with Crippen LogP contribution in [0, 0.1) is 0 Å². The summed E-state index contributed by atoms with van der Waals surface area (Å²) in [4.78, 5) is 8.82. The molecule has 0 aromatic carbocycles. The van der Waals surface area contributed by atoms with Crippen LogP contribution in [0.2, 0.25) is 0 Å². The number of thiazole rings is 1. The average molecular weight is 235 g/mol. The molecular formula is C10H13N5S. The van der Waals surface area contributed by atoms with E-state index >= 15 is 0 Å². The molecule has 5 nitrogen and oxygen atoms in total. The van der Waals surface area contributed by atoms with Gasteiger partial charge in [-0.15, -0.1) is 11.3 Å². The van der Waals surface area contributed by atoms with Crippen LogP contribution in [0.3, 0.4) is 0 Å². The number of rotatable bonds is 2. The second kappa shape index (κ2) is 3.86. The fourth-order valence-corrected chi connectivity index (χ4v) is 2.68. The molecule has 84 valence electrons. The van der Waals surface area contributed by atoms with Gasteiger partial charge >= 0.3 is 0 Å². The zero-order valence-corrected chi connectivity index (χ0v) is 9.87. The third-order valence-corrected chi connectivity index (χ3v) is 3.60. The van der Waals surface area contributed by atoms with E-state index in [1.54, 1.807) is 11.3 Å². The van der Waals surface area contributed by atoms with Crippen LogP contribution in [-0.2, 0) is 6.42 Å². The molecule has 16 heavy (non-hydrogen) atoms. The molecule has 0 fully saturated rings. The van der Waals surface area contributed by atoms with Crippen molar-refractivity contribution in [2.45, 2.75) is 25.8 Å². The van der Waals surface area contributed by atoms with E-state index in [2.05, 4.69) is 27.3 Å². The summed E-state index contributed by atoms with van der Waals surface area (Å²) >= 11 is 1.68. The Morgan fingerprint density at radius 2 is 2.56 bits per heavy atom. The number of aryl methyl sites for hydroxylation is 1. The van der Waals surface area contributed by atoms with E-state index in [1.165, 1.54) is 0 Å². The zero-order chi connectivity index (χ0) is 11.0. The summed E-state index contributed by atoms with van der Waals surface area (Å²) in [5.74, 6) is 1.77. The van der Waals surface area contributed by atoms with Gasteiger partial charge in [0.15, 0.2) is 5.82 Å². The van der Waals surface area contributed by atoms with Crippen LogP contribution in [0.5, 0.6) is 0 Å². The summed E-state index contributed by atoms with van der Waals surface area (Å²) in [5, 5.41) is 10.9. The Labute approximate surface area is 97.5 Å². The summed E-state index contributed by atoms with van der Waals surface area (Å²) in [6.07, 6.45) is 3.73. The number of hydrogen-bond donors (Lipinski definition) is 1. The molecule has 6 heteroatoms. The number of anilines is 1. The second-order valence-electron chi connectivity index (χ2n) is 3.75. The molecule has 0 saturated carbocycles. The first-order valence-corrected chi connectivity index (χ1v) is 6.35. The van der Waals surface area contributed by atoms with E-state index < -0.39 is 0 Å². The molecule has 1 aliphatic heterocycles. The predicted molar refractivity (Wildman–Crippen MR) is 62.8 cm³/mol. The molecule has 0 aliphatic carbocycles. The third-order valence-electron chi connectivity index (χ3n) is 2.72. The highest BCUT2D eigenvalue weighted by Crippen LogP contribution is 2.29. The SMILES string of the molecule is CCc1nc2n(n1)C(c1nccs1)CCN2. The highest BCUT2D eigenvalue weighted by molar-refractivity contribution is 7.09. The Balaban J connectivity index is 2.02. The lowest BCUT2D eigenvalue weighted by Crippen LogP contribution is -2.24. The highest BCUT2D eigenvalue weighted by atomic mass is 32.1. The molecule has 3 heterocycles. The Bertz CT molecular complexity index is 475. The van der Waals surface area contributed by atoms with Gasteiger partial charge in [-0.2, -0.15) is 10.1 Å². The highest BCUT2D eigenvalue weighted by Gasteiger charge is 2.25. The van der Waals surface area contributed by atoms with E-state index in [-0.39, 0.29) is 6.04 Å². The molecule has 1 N–H and O–H groups in total. The maximum absolute atomic E-state index is 4.52. The van der Waals surface area contributed by atoms with Crippen LogP contribution in [0.15, 0.2) is 11.6 Å². The lowest BCUT2D eigenvalue weighted by atomic mass is 10.2. The molecule has 2 aromatic heterocycles. The summed E-state index contributed by atoms with van der Waals surface area (Å²) in [6, 6.07) is 0.254. The first kappa shape index (κ1) is 9.77. The second-order valence-corrected chi connectivity index (χ2v) is 4.68. The zero-order valence-electron chi connectivity index (χ0n) is 9.05. The van der Waals surface area contributed by atoms with E-state index in [9.17, 15) is 0 Å². The molecule has 1 aliphatic rings.